The number of hydrogen-bond acceptors (Lipinski definition) is 3. The van der Waals surface area contributed by atoms with Crippen molar-refractivity contribution in [2.24, 2.45) is 10.7 Å². The number of nitrogens with zero attached hydrogens (tertiary/aromatic N) is 1. The average molecular weight is 426 g/mol. The standard InChI is InChI=1S/C14H20ClN3O2.HI/c1-20-12-4-3-10(9-11(12)15)18-13(16)17-8-7-14(19)5-2-6-14;/h3-4,9,19H,2,5-8H2,1H3,(H3,16,17,18);1H. The Hall–Kier alpha value is -0.730. The first-order chi connectivity index (χ1) is 9.52. The lowest BCUT2D eigenvalue weighted by molar-refractivity contribution is -0.0377. The van der Waals surface area contributed by atoms with Crippen LogP contribution in [0.25, 0.3) is 0 Å². The molecule has 0 heterocycles. The van der Waals surface area contributed by atoms with Crippen LogP contribution in [-0.2, 0) is 0 Å². The Labute approximate surface area is 146 Å². The molecule has 1 saturated carbocycles. The van der Waals surface area contributed by atoms with Crippen LogP contribution in [-0.4, -0.2) is 30.3 Å². The number of ether oxygens (including phenoxy) is 1. The van der Waals surface area contributed by atoms with Crippen molar-refractivity contribution in [2.45, 2.75) is 31.3 Å². The van der Waals surface area contributed by atoms with Gasteiger partial charge < -0.3 is 20.9 Å². The first-order valence-electron chi connectivity index (χ1n) is 6.65. The maximum atomic E-state index is 9.94. The lowest BCUT2D eigenvalue weighted by Gasteiger charge is -2.36. The molecule has 1 aliphatic rings. The van der Waals surface area contributed by atoms with Crippen LogP contribution in [0.5, 0.6) is 5.75 Å². The zero-order valence-electron chi connectivity index (χ0n) is 11.9. The first kappa shape index (κ1) is 18.3. The zero-order valence-corrected chi connectivity index (χ0v) is 15.0. The molecular formula is C14H21ClIN3O2. The number of guanidine groups is 1. The summed E-state index contributed by atoms with van der Waals surface area (Å²) in [6, 6.07) is 5.30. The molecule has 0 aliphatic heterocycles. The Morgan fingerprint density at radius 3 is 2.76 bits per heavy atom. The van der Waals surface area contributed by atoms with Gasteiger partial charge in [0.25, 0.3) is 0 Å². The Balaban J connectivity index is 0.00000220. The van der Waals surface area contributed by atoms with Crippen LogP contribution >= 0.6 is 35.6 Å². The highest BCUT2D eigenvalue weighted by atomic mass is 127. The van der Waals surface area contributed by atoms with Gasteiger partial charge in [0, 0.05) is 12.2 Å². The van der Waals surface area contributed by atoms with Gasteiger partial charge in [-0.25, -0.2) is 0 Å². The molecule has 0 aromatic heterocycles. The average Bonchev–Trinajstić information content (AvgIpc) is 2.37. The topological polar surface area (TPSA) is 79.9 Å². The number of halogens is 2. The molecule has 0 atom stereocenters. The monoisotopic (exact) mass is 425 g/mol. The van der Waals surface area contributed by atoms with Crippen molar-refractivity contribution in [3.05, 3.63) is 23.2 Å². The largest absolute Gasteiger partial charge is 0.495 e. The highest BCUT2D eigenvalue weighted by molar-refractivity contribution is 14.0. The maximum absolute atomic E-state index is 9.94. The fourth-order valence-corrected chi connectivity index (χ4v) is 2.41. The van der Waals surface area contributed by atoms with Gasteiger partial charge in [0.05, 0.1) is 17.7 Å². The van der Waals surface area contributed by atoms with Crippen LogP contribution in [0.1, 0.15) is 25.7 Å². The van der Waals surface area contributed by atoms with Gasteiger partial charge in [-0.15, -0.1) is 24.0 Å². The van der Waals surface area contributed by atoms with Crippen LogP contribution in [0.4, 0.5) is 5.69 Å². The van der Waals surface area contributed by atoms with E-state index in [2.05, 4.69) is 10.3 Å². The molecule has 7 heteroatoms. The van der Waals surface area contributed by atoms with Crippen molar-refractivity contribution in [3.63, 3.8) is 0 Å². The van der Waals surface area contributed by atoms with E-state index >= 15 is 0 Å². The summed E-state index contributed by atoms with van der Waals surface area (Å²) in [5.74, 6) is 0.925. The second kappa shape index (κ2) is 8.05. The van der Waals surface area contributed by atoms with Crippen molar-refractivity contribution in [1.82, 2.24) is 0 Å². The second-order valence-corrected chi connectivity index (χ2v) is 5.48. The van der Waals surface area contributed by atoms with Crippen LogP contribution in [0.3, 0.4) is 0 Å². The molecule has 1 fully saturated rings. The van der Waals surface area contributed by atoms with Gasteiger partial charge in [0.2, 0.25) is 0 Å². The van der Waals surface area contributed by atoms with E-state index in [9.17, 15) is 5.11 Å². The number of hydrogen-bond donors (Lipinski definition) is 3. The number of aliphatic hydroxyl groups is 1. The van der Waals surface area contributed by atoms with Crippen molar-refractivity contribution < 1.29 is 9.84 Å². The molecule has 5 nitrogen and oxygen atoms in total. The molecule has 2 rings (SSSR count). The lowest BCUT2D eigenvalue weighted by atomic mass is 9.78. The summed E-state index contributed by atoms with van der Waals surface area (Å²) in [6.45, 7) is 0.513. The third-order valence-electron chi connectivity index (χ3n) is 3.57. The number of anilines is 1. The van der Waals surface area contributed by atoms with E-state index in [1.54, 1.807) is 19.2 Å². The molecule has 0 spiro atoms. The molecule has 21 heavy (non-hydrogen) atoms. The third kappa shape index (κ3) is 5.19. The van der Waals surface area contributed by atoms with E-state index in [1.807, 2.05) is 6.07 Å². The molecule has 1 aromatic carbocycles. The highest BCUT2D eigenvalue weighted by Gasteiger charge is 2.33. The van der Waals surface area contributed by atoms with Crippen molar-refractivity contribution in [1.29, 1.82) is 0 Å². The molecule has 118 valence electrons. The molecule has 0 amide bonds. The number of rotatable bonds is 5. The van der Waals surface area contributed by atoms with Gasteiger partial charge in [0.1, 0.15) is 5.75 Å². The van der Waals surface area contributed by atoms with E-state index in [0.29, 0.717) is 29.7 Å². The van der Waals surface area contributed by atoms with Gasteiger partial charge in [-0.3, -0.25) is 4.99 Å². The summed E-state index contributed by atoms with van der Waals surface area (Å²) in [5, 5.41) is 13.4. The number of nitrogens with one attached hydrogen (secondary N) is 1. The Morgan fingerprint density at radius 1 is 1.52 bits per heavy atom. The summed E-state index contributed by atoms with van der Waals surface area (Å²) in [6.07, 6.45) is 3.48. The quantitative estimate of drug-likeness (QED) is 0.385. The minimum Gasteiger partial charge on any atom is -0.495 e. The summed E-state index contributed by atoms with van der Waals surface area (Å²) >= 11 is 6.02. The van der Waals surface area contributed by atoms with Gasteiger partial charge in [-0.2, -0.15) is 0 Å². The minimum atomic E-state index is -0.521. The molecule has 1 aromatic rings. The van der Waals surface area contributed by atoms with Crippen LogP contribution in [0.2, 0.25) is 5.02 Å². The van der Waals surface area contributed by atoms with Crippen molar-refractivity contribution in [2.75, 3.05) is 19.0 Å². The summed E-state index contributed by atoms with van der Waals surface area (Å²) in [5.41, 5.74) is 6.03. The Bertz CT molecular complexity index is 507. The van der Waals surface area contributed by atoms with E-state index < -0.39 is 5.60 Å². The number of aliphatic imine (C=N–C) groups is 1. The SMILES string of the molecule is COc1ccc(NC(N)=NCCC2(O)CCC2)cc1Cl.I. The van der Waals surface area contributed by atoms with Crippen LogP contribution in [0, 0.1) is 0 Å². The van der Waals surface area contributed by atoms with Crippen LogP contribution in [0.15, 0.2) is 23.2 Å². The predicted molar refractivity (Wildman–Crippen MR) is 96.9 cm³/mol. The van der Waals surface area contributed by atoms with Gasteiger partial charge >= 0.3 is 0 Å². The number of benzene rings is 1. The van der Waals surface area contributed by atoms with E-state index in [0.717, 1.165) is 24.9 Å². The normalized spacial score (nSPS) is 16.6. The van der Waals surface area contributed by atoms with Crippen molar-refractivity contribution >= 4 is 47.2 Å². The number of nitrogens with two attached hydrogens (primary N) is 1. The Morgan fingerprint density at radius 2 is 2.24 bits per heavy atom. The summed E-state index contributed by atoms with van der Waals surface area (Å²) in [7, 11) is 1.56. The minimum absolute atomic E-state index is 0. The van der Waals surface area contributed by atoms with Gasteiger partial charge in [-0.1, -0.05) is 11.6 Å². The van der Waals surface area contributed by atoms with E-state index in [-0.39, 0.29) is 24.0 Å². The fraction of sp³-hybridized carbons (Fsp3) is 0.500. The smallest absolute Gasteiger partial charge is 0.193 e. The molecule has 4 N–H and O–H groups in total. The number of methoxy groups -OCH3 is 1. The second-order valence-electron chi connectivity index (χ2n) is 5.07. The zero-order chi connectivity index (χ0) is 14.6. The lowest BCUT2D eigenvalue weighted by Crippen LogP contribution is -2.37. The van der Waals surface area contributed by atoms with E-state index in [1.165, 1.54) is 0 Å². The van der Waals surface area contributed by atoms with Gasteiger partial charge in [0.15, 0.2) is 5.96 Å². The highest BCUT2D eigenvalue weighted by Crippen LogP contribution is 2.34. The summed E-state index contributed by atoms with van der Waals surface area (Å²) < 4.78 is 5.08. The Kier molecular flexibility index (Phi) is 7.02. The molecule has 0 unspecified atom stereocenters. The predicted octanol–water partition coefficient (Wildman–Crippen LogP) is 3.00. The van der Waals surface area contributed by atoms with Crippen molar-refractivity contribution in [3.8, 4) is 5.75 Å². The third-order valence-corrected chi connectivity index (χ3v) is 3.86. The molecule has 0 bridgehead atoms. The first-order valence-corrected chi connectivity index (χ1v) is 7.03. The maximum Gasteiger partial charge on any atom is 0.193 e. The summed E-state index contributed by atoms with van der Waals surface area (Å²) in [4.78, 5) is 4.21. The fourth-order valence-electron chi connectivity index (χ4n) is 2.15. The molecular weight excluding hydrogens is 405 g/mol. The molecule has 1 aliphatic carbocycles. The van der Waals surface area contributed by atoms with Gasteiger partial charge in [-0.05, 0) is 43.9 Å². The van der Waals surface area contributed by atoms with Crippen LogP contribution < -0.4 is 15.8 Å². The molecule has 0 radical (unpaired) electrons. The molecule has 0 saturated heterocycles. The van der Waals surface area contributed by atoms with E-state index in [4.69, 9.17) is 22.1 Å².